The summed E-state index contributed by atoms with van der Waals surface area (Å²) >= 11 is 0. The highest BCUT2D eigenvalue weighted by Crippen LogP contribution is 2.46. The van der Waals surface area contributed by atoms with Gasteiger partial charge in [0.25, 0.3) is 0 Å². The van der Waals surface area contributed by atoms with Crippen LogP contribution in [0.2, 0.25) is 0 Å². The zero-order chi connectivity index (χ0) is 18.9. The van der Waals surface area contributed by atoms with Gasteiger partial charge in [0.1, 0.15) is 0 Å². The molecule has 0 radical (unpaired) electrons. The van der Waals surface area contributed by atoms with Crippen LogP contribution in [-0.4, -0.2) is 78.1 Å². The highest BCUT2D eigenvalue weighted by Gasteiger charge is 2.50. The molecule has 3 atom stereocenters. The van der Waals surface area contributed by atoms with Crippen LogP contribution in [0.25, 0.3) is 0 Å². The number of nitrogens with zero attached hydrogens (tertiary/aromatic N) is 3. The summed E-state index contributed by atoms with van der Waals surface area (Å²) in [7, 11) is 2.14. The maximum absolute atomic E-state index is 13.1. The smallest absolute Gasteiger partial charge is 0.237 e. The summed E-state index contributed by atoms with van der Waals surface area (Å²) in [6.07, 6.45) is 4.98. The minimum atomic E-state index is -0.795. The third-order valence-electron chi connectivity index (χ3n) is 7.03. The summed E-state index contributed by atoms with van der Waals surface area (Å²) in [6.45, 7) is 5.20. The number of piperazine rings is 1. The molecule has 148 valence electrons. The van der Waals surface area contributed by atoms with E-state index in [2.05, 4.69) is 21.7 Å². The first-order valence-corrected chi connectivity index (χ1v) is 10.6. The van der Waals surface area contributed by atoms with E-state index in [1.54, 1.807) is 0 Å². The van der Waals surface area contributed by atoms with Gasteiger partial charge in [-0.2, -0.15) is 0 Å². The largest absolute Gasteiger partial charge is 0.385 e. The van der Waals surface area contributed by atoms with E-state index in [4.69, 9.17) is 0 Å². The van der Waals surface area contributed by atoms with Crippen molar-refractivity contribution in [2.45, 2.75) is 43.7 Å². The maximum atomic E-state index is 13.1. The van der Waals surface area contributed by atoms with E-state index in [9.17, 15) is 9.90 Å². The predicted octanol–water partition coefficient (Wildman–Crippen LogP) is 1.91. The molecule has 0 aromatic heterocycles. The van der Waals surface area contributed by atoms with E-state index >= 15 is 0 Å². The number of likely N-dealkylation sites (N-methyl/N-ethyl adjacent to an activating group) is 1. The van der Waals surface area contributed by atoms with Crippen molar-refractivity contribution < 1.29 is 9.90 Å². The molecule has 1 N–H and O–H groups in total. The molecule has 5 heteroatoms. The van der Waals surface area contributed by atoms with Crippen molar-refractivity contribution in [1.82, 2.24) is 14.7 Å². The lowest BCUT2D eigenvalue weighted by Gasteiger charge is -2.53. The molecule has 3 aliphatic rings. The maximum Gasteiger partial charge on any atom is 0.237 e. The minimum Gasteiger partial charge on any atom is -0.385 e. The normalized spacial score (nSPS) is 32.9. The van der Waals surface area contributed by atoms with Crippen LogP contribution < -0.4 is 0 Å². The zero-order valence-electron chi connectivity index (χ0n) is 16.5. The fourth-order valence-electron chi connectivity index (χ4n) is 5.37. The van der Waals surface area contributed by atoms with Gasteiger partial charge in [-0.05, 0) is 31.9 Å². The monoisotopic (exact) mass is 371 g/mol. The lowest BCUT2D eigenvalue weighted by Crippen LogP contribution is -2.60. The Morgan fingerprint density at radius 2 is 1.78 bits per heavy atom. The summed E-state index contributed by atoms with van der Waals surface area (Å²) in [5.74, 6) is 0.408. The van der Waals surface area contributed by atoms with Crippen molar-refractivity contribution in [3.05, 3.63) is 35.9 Å². The molecule has 1 saturated carbocycles. The second-order valence-corrected chi connectivity index (χ2v) is 8.67. The Morgan fingerprint density at radius 1 is 1.07 bits per heavy atom. The molecule has 2 saturated heterocycles. The molecule has 1 amide bonds. The van der Waals surface area contributed by atoms with Crippen molar-refractivity contribution in [3.8, 4) is 0 Å². The van der Waals surface area contributed by atoms with Gasteiger partial charge >= 0.3 is 0 Å². The molecule has 2 heterocycles. The molecule has 27 heavy (non-hydrogen) atoms. The molecule has 5 nitrogen and oxygen atoms in total. The second-order valence-electron chi connectivity index (χ2n) is 8.67. The van der Waals surface area contributed by atoms with Crippen LogP contribution in [0.3, 0.4) is 0 Å². The summed E-state index contributed by atoms with van der Waals surface area (Å²) in [4.78, 5) is 19.9. The Bertz CT molecular complexity index is 644. The molecule has 3 fully saturated rings. The third-order valence-corrected chi connectivity index (χ3v) is 7.03. The molecular formula is C22H33N3O2. The second kappa shape index (κ2) is 7.90. The fraction of sp³-hybridized carbons (Fsp3) is 0.682. The van der Waals surface area contributed by atoms with Crippen LogP contribution in [0.15, 0.2) is 30.3 Å². The van der Waals surface area contributed by atoms with E-state index in [1.165, 1.54) is 0 Å². The highest BCUT2D eigenvalue weighted by atomic mass is 16.3. The number of hydrogen-bond acceptors (Lipinski definition) is 4. The average Bonchev–Trinajstić information content (AvgIpc) is 2.71. The molecule has 1 aromatic carbocycles. The van der Waals surface area contributed by atoms with Crippen molar-refractivity contribution in [2.24, 2.45) is 5.92 Å². The zero-order valence-corrected chi connectivity index (χ0v) is 16.5. The third kappa shape index (κ3) is 3.78. The highest BCUT2D eigenvalue weighted by molar-refractivity contribution is 5.79. The fourth-order valence-corrected chi connectivity index (χ4v) is 5.37. The predicted molar refractivity (Wildman–Crippen MR) is 106 cm³/mol. The number of benzene rings is 1. The number of fused-ring (bicyclic) bond motifs is 1. The Balaban J connectivity index is 1.49. The van der Waals surface area contributed by atoms with Gasteiger partial charge in [-0.3, -0.25) is 9.69 Å². The number of likely N-dealkylation sites (tertiary alicyclic amines) is 1. The van der Waals surface area contributed by atoms with Crippen LogP contribution >= 0.6 is 0 Å². The van der Waals surface area contributed by atoms with Crippen LogP contribution in [0.5, 0.6) is 0 Å². The molecule has 0 unspecified atom stereocenters. The first kappa shape index (κ1) is 18.9. The molecule has 2 aliphatic heterocycles. The molecular weight excluding hydrogens is 338 g/mol. The number of amides is 1. The summed E-state index contributed by atoms with van der Waals surface area (Å²) < 4.78 is 0. The first-order chi connectivity index (χ1) is 13.1. The lowest BCUT2D eigenvalue weighted by molar-refractivity contribution is -0.156. The van der Waals surface area contributed by atoms with Gasteiger partial charge in [-0.25, -0.2) is 0 Å². The van der Waals surface area contributed by atoms with Gasteiger partial charge in [-0.15, -0.1) is 0 Å². The number of carbonyl (C=O) groups is 1. The van der Waals surface area contributed by atoms with Crippen molar-refractivity contribution in [3.63, 3.8) is 0 Å². The summed E-state index contributed by atoms with van der Waals surface area (Å²) in [5.41, 5.74) is 0.227. The van der Waals surface area contributed by atoms with Gasteiger partial charge in [0.15, 0.2) is 0 Å². The van der Waals surface area contributed by atoms with E-state index in [-0.39, 0.29) is 17.9 Å². The topological polar surface area (TPSA) is 47.0 Å². The van der Waals surface area contributed by atoms with Gasteiger partial charge in [0, 0.05) is 44.7 Å². The van der Waals surface area contributed by atoms with Gasteiger partial charge in [0.05, 0.1) is 12.1 Å². The number of hydrogen-bond donors (Lipinski definition) is 1. The van der Waals surface area contributed by atoms with E-state index in [0.29, 0.717) is 19.5 Å². The summed E-state index contributed by atoms with van der Waals surface area (Å²) in [6, 6.07) is 10.3. The number of aliphatic hydroxyl groups is 1. The van der Waals surface area contributed by atoms with E-state index in [0.717, 1.165) is 57.4 Å². The van der Waals surface area contributed by atoms with Gasteiger partial charge in [0.2, 0.25) is 5.91 Å². The molecule has 1 aromatic rings. The van der Waals surface area contributed by atoms with Crippen molar-refractivity contribution in [1.29, 1.82) is 0 Å². The quantitative estimate of drug-likeness (QED) is 0.882. The Morgan fingerprint density at radius 3 is 2.52 bits per heavy atom. The van der Waals surface area contributed by atoms with E-state index < -0.39 is 5.60 Å². The van der Waals surface area contributed by atoms with Crippen LogP contribution in [-0.2, 0) is 10.4 Å². The van der Waals surface area contributed by atoms with Gasteiger partial charge < -0.3 is 14.9 Å². The number of rotatable bonds is 3. The van der Waals surface area contributed by atoms with Crippen LogP contribution in [0.1, 0.15) is 37.7 Å². The molecule has 1 aliphatic carbocycles. The molecule has 0 bridgehead atoms. The Labute approximate surface area is 162 Å². The standard InChI is InChI=1S/C22H33N3O2/c1-23-13-15-24(16-14-23)17-21(26)25-12-11-22(27,18-7-3-2-4-8-18)19-9-5-6-10-20(19)25/h2-4,7-8,19-20,27H,5-6,9-17H2,1H3/t19-,20+,22-/m1/s1. The first-order valence-electron chi connectivity index (χ1n) is 10.6. The molecule has 4 rings (SSSR count). The number of carbonyl (C=O) groups excluding carboxylic acids is 1. The lowest BCUT2D eigenvalue weighted by atomic mass is 9.66. The average molecular weight is 372 g/mol. The Kier molecular flexibility index (Phi) is 5.53. The van der Waals surface area contributed by atoms with Gasteiger partial charge in [-0.1, -0.05) is 43.2 Å². The Hall–Kier alpha value is -1.43. The van der Waals surface area contributed by atoms with E-state index in [1.807, 2.05) is 30.3 Å². The molecule has 0 spiro atoms. The van der Waals surface area contributed by atoms with Crippen molar-refractivity contribution in [2.75, 3.05) is 46.3 Å². The minimum absolute atomic E-state index is 0.152. The SMILES string of the molecule is CN1CCN(CC(=O)N2CC[C@@](O)(c3ccccc3)[C@@H]3CCCC[C@@H]32)CC1. The van der Waals surface area contributed by atoms with Crippen molar-refractivity contribution >= 4 is 5.91 Å². The number of piperidine rings is 1. The van der Waals surface area contributed by atoms with Crippen LogP contribution in [0.4, 0.5) is 0 Å². The van der Waals surface area contributed by atoms with Crippen LogP contribution in [0, 0.1) is 5.92 Å². The summed E-state index contributed by atoms with van der Waals surface area (Å²) in [5, 5.41) is 11.6.